The van der Waals surface area contributed by atoms with Crippen molar-refractivity contribution in [3.63, 3.8) is 0 Å². The first kappa shape index (κ1) is 15.8. The third-order valence-electron chi connectivity index (χ3n) is 2.30. The lowest BCUT2D eigenvalue weighted by Crippen LogP contribution is -2.30. The quantitative estimate of drug-likeness (QED) is 0.863. The molecule has 106 valence electrons. The molecule has 3 nitrogen and oxygen atoms in total. The summed E-state index contributed by atoms with van der Waals surface area (Å²) in [6, 6.07) is 3.76. The first-order chi connectivity index (χ1) is 8.84. The van der Waals surface area contributed by atoms with E-state index in [0.717, 1.165) is 12.5 Å². The first-order valence-corrected chi connectivity index (χ1v) is 6.51. The molecular formula is C12H14BrF3N2O. The van der Waals surface area contributed by atoms with Gasteiger partial charge in [-0.1, -0.05) is 22.9 Å². The largest absolute Gasteiger partial charge is 0.418 e. The van der Waals surface area contributed by atoms with Crippen LogP contribution < -0.4 is 10.6 Å². The van der Waals surface area contributed by atoms with Crippen LogP contribution in [0.3, 0.4) is 0 Å². The number of anilines is 1. The molecule has 0 bridgehead atoms. The van der Waals surface area contributed by atoms with E-state index in [2.05, 4.69) is 26.6 Å². The standard InChI is InChI=1S/C12H14BrF3N2O/c1-2-5-17-11(19)7-18-10-4-3-8(13)6-9(10)12(14,15)16/h3-4,6,18H,2,5,7H2,1H3,(H,17,19). The summed E-state index contributed by atoms with van der Waals surface area (Å²) < 4.78 is 38.7. The molecule has 1 aromatic rings. The summed E-state index contributed by atoms with van der Waals surface area (Å²) >= 11 is 3.00. The first-order valence-electron chi connectivity index (χ1n) is 5.72. The molecule has 1 rings (SSSR count). The van der Waals surface area contributed by atoms with Gasteiger partial charge in [0.2, 0.25) is 5.91 Å². The van der Waals surface area contributed by atoms with Gasteiger partial charge >= 0.3 is 6.18 Å². The molecule has 7 heteroatoms. The Labute approximate surface area is 117 Å². The molecule has 19 heavy (non-hydrogen) atoms. The van der Waals surface area contributed by atoms with Crippen LogP contribution in [-0.4, -0.2) is 19.0 Å². The van der Waals surface area contributed by atoms with Crippen molar-refractivity contribution in [3.8, 4) is 0 Å². The summed E-state index contributed by atoms with van der Waals surface area (Å²) in [7, 11) is 0. The van der Waals surface area contributed by atoms with E-state index < -0.39 is 11.7 Å². The average molecular weight is 339 g/mol. The Bertz CT molecular complexity index is 449. The molecule has 2 N–H and O–H groups in total. The summed E-state index contributed by atoms with van der Waals surface area (Å²) in [5.74, 6) is -0.335. The lowest BCUT2D eigenvalue weighted by Gasteiger charge is -2.14. The van der Waals surface area contributed by atoms with Crippen molar-refractivity contribution < 1.29 is 18.0 Å². The van der Waals surface area contributed by atoms with Gasteiger partial charge in [-0.25, -0.2) is 0 Å². The Balaban J connectivity index is 2.76. The molecule has 0 aliphatic carbocycles. The monoisotopic (exact) mass is 338 g/mol. The summed E-state index contributed by atoms with van der Waals surface area (Å²) in [5.41, 5.74) is -0.910. The third kappa shape index (κ3) is 5.10. The molecule has 0 saturated heterocycles. The van der Waals surface area contributed by atoms with E-state index >= 15 is 0 Å². The van der Waals surface area contributed by atoms with Crippen LogP contribution in [0.15, 0.2) is 22.7 Å². The van der Waals surface area contributed by atoms with Crippen LogP contribution in [0.25, 0.3) is 0 Å². The highest BCUT2D eigenvalue weighted by atomic mass is 79.9. The molecule has 0 unspecified atom stereocenters. The van der Waals surface area contributed by atoms with Gasteiger partial charge in [0, 0.05) is 16.7 Å². The molecule has 0 spiro atoms. The maximum absolute atomic E-state index is 12.8. The second-order valence-corrected chi connectivity index (χ2v) is 4.81. The lowest BCUT2D eigenvalue weighted by atomic mass is 10.1. The van der Waals surface area contributed by atoms with Crippen molar-refractivity contribution >= 4 is 27.5 Å². The zero-order chi connectivity index (χ0) is 14.5. The molecular weight excluding hydrogens is 325 g/mol. The number of nitrogens with one attached hydrogen (secondary N) is 2. The number of rotatable bonds is 5. The third-order valence-corrected chi connectivity index (χ3v) is 2.79. The van der Waals surface area contributed by atoms with E-state index in [-0.39, 0.29) is 18.1 Å². The van der Waals surface area contributed by atoms with Gasteiger partial charge in [-0.15, -0.1) is 0 Å². The minimum atomic E-state index is -4.47. The molecule has 1 aromatic carbocycles. The normalized spacial score (nSPS) is 11.2. The van der Waals surface area contributed by atoms with E-state index in [0.29, 0.717) is 11.0 Å². The molecule has 0 atom stereocenters. The fraction of sp³-hybridized carbons (Fsp3) is 0.417. The van der Waals surface area contributed by atoms with Crippen molar-refractivity contribution in [1.82, 2.24) is 5.32 Å². The van der Waals surface area contributed by atoms with E-state index in [1.807, 2.05) is 6.92 Å². The van der Waals surface area contributed by atoms with Gasteiger partial charge < -0.3 is 10.6 Å². The van der Waals surface area contributed by atoms with Gasteiger partial charge in [-0.05, 0) is 24.6 Å². The Morgan fingerprint density at radius 2 is 2.05 bits per heavy atom. The maximum Gasteiger partial charge on any atom is 0.418 e. The van der Waals surface area contributed by atoms with E-state index in [1.165, 1.54) is 12.1 Å². The van der Waals surface area contributed by atoms with Crippen LogP contribution in [-0.2, 0) is 11.0 Å². The van der Waals surface area contributed by atoms with Crippen molar-refractivity contribution in [2.45, 2.75) is 19.5 Å². The minimum Gasteiger partial charge on any atom is -0.376 e. The minimum absolute atomic E-state index is 0.109. The summed E-state index contributed by atoms with van der Waals surface area (Å²) in [4.78, 5) is 11.3. The topological polar surface area (TPSA) is 41.1 Å². The summed E-state index contributed by atoms with van der Waals surface area (Å²) in [6.07, 6.45) is -3.69. The summed E-state index contributed by atoms with van der Waals surface area (Å²) in [5, 5.41) is 5.08. The predicted octanol–water partition coefficient (Wildman–Crippen LogP) is 3.41. The number of hydrogen-bond acceptors (Lipinski definition) is 2. The van der Waals surface area contributed by atoms with Gasteiger partial charge in [-0.3, -0.25) is 4.79 Å². The molecule has 0 fully saturated rings. The van der Waals surface area contributed by atoms with Crippen molar-refractivity contribution in [2.75, 3.05) is 18.4 Å². The zero-order valence-electron chi connectivity index (χ0n) is 10.3. The molecule has 1 amide bonds. The second-order valence-electron chi connectivity index (χ2n) is 3.89. The van der Waals surface area contributed by atoms with Crippen LogP contribution in [0.5, 0.6) is 0 Å². The van der Waals surface area contributed by atoms with Gasteiger partial charge in [0.25, 0.3) is 0 Å². The molecule has 0 saturated carbocycles. The predicted molar refractivity (Wildman–Crippen MR) is 70.9 cm³/mol. The fourth-order valence-electron chi connectivity index (χ4n) is 1.41. The number of carbonyl (C=O) groups excluding carboxylic acids is 1. The number of hydrogen-bond donors (Lipinski definition) is 2. The second kappa shape index (κ2) is 6.79. The number of alkyl halides is 3. The highest BCUT2D eigenvalue weighted by Gasteiger charge is 2.33. The molecule has 0 radical (unpaired) electrons. The molecule has 0 heterocycles. The Morgan fingerprint density at radius 3 is 2.63 bits per heavy atom. The van der Waals surface area contributed by atoms with E-state index in [4.69, 9.17) is 0 Å². The van der Waals surface area contributed by atoms with Crippen LogP contribution in [0.4, 0.5) is 18.9 Å². The van der Waals surface area contributed by atoms with Crippen LogP contribution in [0.2, 0.25) is 0 Å². The maximum atomic E-state index is 12.8. The van der Waals surface area contributed by atoms with Crippen molar-refractivity contribution in [1.29, 1.82) is 0 Å². The van der Waals surface area contributed by atoms with E-state index in [9.17, 15) is 18.0 Å². The van der Waals surface area contributed by atoms with Gasteiger partial charge in [0.15, 0.2) is 0 Å². The van der Waals surface area contributed by atoms with Crippen molar-refractivity contribution in [3.05, 3.63) is 28.2 Å². The van der Waals surface area contributed by atoms with Crippen LogP contribution >= 0.6 is 15.9 Å². The van der Waals surface area contributed by atoms with Crippen LogP contribution in [0, 0.1) is 0 Å². The molecule has 0 aliphatic rings. The molecule has 0 aliphatic heterocycles. The van der Waals surface area contributed by atoms with Crippen molar-refractivity contribution in [2.24, 2.45) is 0 Å². The van der Waals surface area contributed by atoms with Gasteiger partial charge in [-0.2, -0.15) is 13.2 Å². The SMILES string of the molecule is CCCNC(=O)CNc1ccc(Br)cc1C(F)(F)F. The average Bonchev–Trinajstić information content (AvgIpc) is 2.33. The number of benzene rings is 1. The Kier molecular flexibility index (Phi) is 5.65. The summed E-state index contributed by atoms with van der Waals surface area (Å²) in [6.45, 7) is 2.21. The zero-order valence-corrected chi connectivity index (χ0v) is 11.9. The fourth-order valence-corrected chi connectivity index (χ4v) is 1.77. The smallest absolute Gasteiger partial charge is 0.376 e. The highest BCUT2D eigenvalue weighted by Crippen LogP contribution is 2.36. The van der Waals surface area contributed by atoms with Crippen LogP contribution in [0.1, 0.15) is 18.9 Å². The number of amides is 1. The van der Waals surface area contributed by atoms with Gasteiger partial charge in [0.05, 0.1) is 12.1 Å². The molecule has 0 aromatic heterocycles. The van der Waals surface area contributed by atoms with E-state index in [1.54, 1.807) is 0 Å². The highest BCUT2D eigenvalue weighted by molar-refractivity contribution is 9.10. The Hall–Kier alpha value is -1.24. The number of carbonyl (C=O) groups is 1. The Morgan fingerprint density at radius 1 is 1.37 bits per heavy atom. The number of halogens is 4. The lowest BCUT2D eigenvalue weighted by molar-refractivity contribution is -0.137. The van der Waals surface area contributed by atoms with Gasteiger partial charge in [0.1, 0.15) is 0 Å².